The smallest absolute Gasteiger partial charge is 0.318 e. The van der Waals surface area contributed by atoms with E-state index in [9.17, 15) is 0 Å². The maximum absolute atomic E-state index is 6.10. The lowest BCUT2D eigenvalue weighted by Crippen LogP contribution is -2.37. The standard InChI is InChI=1S/C30H35N3O3/c1-4-23-19-22(7-12-28(23)34-3)13-16-36-30-31-27-11-10-25(24-8-5-21(2)6-9-24)20-26(27)29(32-30)33-14-17-35-18-15-33/h5,7-12,19-21H,4,6,13-18H2,1-3H3. The molecular formula is C30H35N3O3. The van der Waals surface area contributed by atoms with Crippen molar-refractivity contribution in [2.45, 2.75) is 33.1 Å². The third-order valence-electron chi connectivity index (χ3n) is 6.96. The van der Waals surface area contributed by atoms with E-state index in [1.807, 2.05) is 6.07 Å². The Labute approximate surface area is 213 Å². The lowest BCUT2D eigenvalue weighted by molar-refractivity contribution is 0.122. The van der Waals surface area contributed by atoms with Crippen LogP contribution in [0.3, 0.4) is 0 Å². The van der Waals surface area contributed by atoms with Crippen molar-refractivity contribution in [1.82, 2.24) is 9.97 Å². The van der Waals surface area contributed by atoms with Gasteiger partial charge in [-0.25, -0.2) is 0 Å². The number of fused-ring (bicyclic) bond motifs is 1. The molecule has 0 N–H and O–H groups in total. The molecule has 1 unspecified atom stereocenters. The first-order valence-corrected chi connectivity index (χ1v) is 13.0. The molecule has 0 bridgehead atoms. The van der Waals surface area contributed by atoms with Gasteiger partial charge in [0.15, 0.2) is 0 Å². The van der Waals surface area contributed by atoms with Gasteiger partial charge in [-0.1, -0.05) is 50.3 Å². The van der Waals surface area contributed by atoms with Gasteiger partial charge < -0.3 is 19.1 Å². The largest absolute Gasteiger partial charge is 0.496 e. The molecule has 36 heavy (non-hydrogen) atoms. The number of methoxy groups -OCH3 is 1. The summed E-state index contributed by atoms with van der Waals surface area (Å²) in [6.07, 6.45) is 9.61. The molecule has 0 saturated carbocycles. The van der Waals surface area contributed by atoms with Crippen LogP contribution in [-0.4, -0.2) is 50.0 Å². The molecule has 2 aliphatic rings. The van der Waals surface area contributed by atoms with Gasteiger partial charge in [0.05, 0.1) is 32.4 Å². The fourth-order valence-electron chi connectivity index (χ4n) is 4.82. The molecule has 2 aromatic carbocycles. The Morgan fingerprint density at radius 1 is 1.08 bits per heavy atom. The highest BCUT2D eigenvalue weighted by Gasteiger charge is 2.19. The average Bonchev–Trinajstić information content (AvgIpc) is 2.93. The molecule has 1 atom stereocenters. The zero-order valence-electron chi connectivity index (χ0n) is 21.5. The molecule has 6 nitrogen and oxygen atoms in total. The van der Waals surface area contributed by atoms with Crippen molar-refractivity contribution in [3.05, 3.63) is 71.3 Å². The molecule has 0 radical (unpaired) electrons. The average molecular weight is 486 g/mol. The topological polar surface area (TPSA) is 56.7 Å². The van der Waals surface area contributed by atoms with Crippen molar-refractivity contribution in [3.63, 3.8) is 0 Å². The molecule has 1 aliphatic heterocycles. The second-order valence-corrected chi connectivity index (χ2v) is 9.49. The summed E-state index contributed by atoms with van der Waals surface area (Å²) in [7, 11) is 1.71. The second kappa shape index (κ2) is 11.1. The number of allylic oxidation sites excluding steroid dienone is 4. The van der Waals surface area contributed by atoms with Gasteiger partial charge in [0.1, 0.15) is 11.6 Å². The number of aryl methyl sites for hydroxylation is 1. The van der Waals surface area contributed by atoms with Crippen molar-refractivity contribution < 1.29 is 14.2 Å². The maximum atomic E-state index is 6.10. The molecule has 1 fully saturated rings. The summed E-state index contributed by atoms with van der Waals surface area (Å²) in [6, 6.07) is 13.2. The number of hydrogen-bond donors (Lipinski definition) is 0. The van der Waals surface area contributed by atoms with E-state index in [0.29, 0.717) is 31.7 Å². The van der Waals surface area contributed by atoms with Crippen LogP contribution in [0.2, 0.25) is 0 Å². The van der Waals surface area contributed by atoms with Gasteiger partial charge in [0, 0.05) is 24.9 Å². The molecule has 5 rings (SSSR count). The first-order chi connectivity index (χ1) is 17.6. The first kappa shape index (κ1) is 24.3. The number of benzene rings is 2. The summed E-state index contributed by atoms with van der Waals surface area (Å²) in [6.45, 7) is 7.91. The van der Waals surface area contributed by atoms with Crippen molar-refractivity contribution in [3.8, 4) is 11.8 Å². The molecule has 0 spiro atoms. The van der Waals surface area contributed by atoms with Crippen molar-refractivity contribution in [2.75, 3.05) is 44.9 Å². The van der Waals surface area contributed by atoms with Crippen LogP contribution in [0.25, 0.3) is 16.5 Å². The van der Waals surface area contributed by atoms with Crippen LogP contribution in [0, 0.1) is 5.92 Å². The summed E-state index contributed by atoms with van der Waals surface area (Å²) in [5, 5.41) is 1.05. The summed E-state index contributed by atoms with van der Waals surface area (Å²) in [4.78, 5) is 12.0. The molecule has 3 aromatic rings. The van der Waals surface area contributed by atoms with E-state index < -0.39 is 0 Å². The van der Waals surface area contributed by atoms with Gasteiger partial charge in [-0.2, -0.15) is 9.97 Å². The van der Waals surface area contributed by atoms with Crippen molar-refractivity contribution in [2.24, 2.45) is 5.92 Å². The molecule has 0 amide bonds. The van der Waals surface area contributed by atoms with E-state index in [2.05, 4.69) is 67.3 Å². The number of hydrogen-bond acceptors (Lipinski definition) is 6. The van der Waals surface area contributed by atoms with E-state index in [-0.39, 0.29) is 0 Å². The zero-order chi connectivity index (χ0) is 24.9. The van der Waals surface area contributed by atoms with Crippen molar-refractivity contribution >= 4 is 22.3 Å². The van der Waals surface area contributed by atoms with Crippen LogP contribution in [0.1, 0.15) is 37.0 Å². The van der Waals surface area contributed by atoms with E-state index in [1.54, 1.807) is 7.11 Å². The Balaban J connectivity index is 1.40. The Morgan fingerprint density at radius 2 is 1.94 bits per heavy atom. The fraction of sp³-hybridized carbons (Fsp3) is 0.400. The van der Waals surface area contributed by atoms with Gasteiger partial charge in [-0.3, -0.25) is 0 Å². The van der Waals surface area contributed by atoms with E-state index in [4.69, 9.17) is 24.2 Å². The molecule has 1 saturated heterocycles. The summed E-state index contributed by atoms with van der Waals surface area (Å²) < 4.78 is 17.2. The Hall–Kier alpha value is -3.38. The highest BCUT2D eigenvalue weighted by Crippen LogP contribution is 2.32. The minimum Gasteiger partial charge on any atom is -0.496 e. The number of aromatic nitrogens is 2. The molecule has 2 heterocycles. The lowest BCUT2D eigenvalue weighted by atomic mass is 9.93. The SMILES string of the molecule is CCc1cc(CCOc2nc(N3CCOCC3)c3cc(C4=CCC(C)C=C4)ccc3n2)ccc1OC. The summed E-state index contributed by atoms with van der Waals surface area (Å²) >= 11 is 0. The van der Waals surface area contributed by atoms with Crippen molar-refractivity contribution in [1.29, 1.82) is 0 Å². The Morgan fingerprint density at radius 3 is 2.69 bits per heavy atom. The summed E-state index contributed by atoms with van der Waals surface area (Å²) in [5.41, 5.74) is 5.78. The number of nitrogens with zero attached hydrogens (tertiary/aromatic N) is 3. The minimum atomic E-state index is 0.423. The van der Waals surface area contributed by atoms with Crippen LogP contribution < -0.4 is 14.4 Å². The van der Waals surface area contributed by atoms with Gasteiger partial charge in [0.25, 0.3) is 0 Å². The number of anilines is 1. The van der Waals surface area contributed by atoms with E-state index >= 15 is 0 Å². The van der Waals surface area contributed by atoms with Gasteiger partial charge in [-0.15, -0.1) is 0 Å². The van der Waals surface area contributed by atoms with Crippen LogP contribution in [0.15, 0.2) is 54.6 Å². The molecule has 6 heteroatoms. The van der Waals surface area contributed by atoms with Crippen LogP contribution in [0.4, 0.5) is 5.82 Å². The first-order valence-electron chi connectivity index (χ1n) is 13.0. The van der Waals surface area contributed by atoms with E-state index in [0.717, 1.165) is 54.8 Å². The minimum absolute atomic E-state index is 0.423. The third-order valence-corrected chi connectivity index (χ3v) is 6.96. The molecule has 1 aromatic heterocycles. The fourth-order valence-corrected chi connectivity index (χ4v) is 4.82. The molecule has 188 valence electrons. The second-order valence-electron chi connectivity index (χ2n) is 9.49. The predicted octanol–water partition coefficient (Wildman–Crippen LogP) is 5.64. The Bertz CT molecular complexity index is 1280. The third kappa shape index (κ3) is 5.39. The maximum Gasteiger partial charge on any atom is 0.318 e. The lowest BCUT2D eigenvalue weighted by Gasteiger charge is -2.29. The normalized spacial score (nSPS) is 17.8. The van der Waals surface area contributed by atoms with Gasteiger partial charge in [-0.05, 0) is 59.2 Å². The highest BCUT2D eigenvalue weighted by atomic mass is 16.5. The molecular weight excluding hydrogens is 450 g/mol. The highest BCUT2D eigenvalue weighted by molar-refractivity contribution is 5.93. The van der Waals surface area contributed by atoms with Crippen LogP contribution >= 0.6 is 0 Å². The van der Waals surface area contributed by atoms with Gasteiger partial charge in [0.2, 0.25) is 0 Å². The van der Waals surface area contributed by atoms with Crippen LogP contribution in [-0.2, 0) is 17.6 Å². The van der Waals surface area contributed by atoms with Gasteiger partial charge >= 0.3 is 6.01 Å². The zero-order valence-corrected chi connectivity index (χ0v) is 21.5. The number of morpholine rings is 1. The summed E-state index contributed by atoms with van der Waals surface area (Å²) in [5.74, 6) is 2.45. The number of rotatable bonds is 8. The predicted molar refractivity (Wildman–Crippen MR) is 145 cm³/mol. The molecule has 1 aliphatic carbocycles. The Kier molecular flexibility index (Phi) is 7.52. The van der Waals surface area contributed by atoms with E-state index in [1.165, 1.54) is 22.3 Å². The monoisotopic (exact) mass is 485 g/mol. The quantitative estimate of drug-likeness (QED) is 0.412. The number of ether oxygens (including phenoxy) is 3. The van der Waals surface area contributed by atoms with Crippen LogP contribution in [0.5, 0.6) is 11.8 Å².